The number of esters is 4. The number of amides is 2. The third-order valence-corrected chi connectivity index (χ3v) is 9.83. The summed E-state index contributed by atoms with van der Waals surface area (Å²) >= 11 is 0. The number of terminal acetylenes is 1. The monoisotopic (exact) mass is 899 g/mol. The Morgan fingerprint density at radius 1 is 0.831 bits per heavy atom. The molecule has 4 rings (SSSR count). The van der Waals surface area contributed by atoms with Gasteiger partial charge in [0.2, 0.25) is 5.91 Å². The first kappa shape index (κ1) is 51.4. The van der Waals surface area contributed by atoms with Crippen LogP contribution in [-0.2, 0) is 49.5 Å². The fraction of sp³-hybridized carbons (Fsp3) is 0.551. The second kappa shape index (κ2) is 20.7. The summed E-state index contributed by atoms with van der Waals surface area (Å²) in [4.78, 5) is 101. The number of hydrogen-bond donors (Lipinski definition) is 3. The number of aromatic nitrogens is 2. The molecule has 0 spiro atoms. The zero-order valence-corrected chi connectivity index (χ0v) is 39.8. The van der Waals surface area contributed by atoms with Crippen molar-refractivity contribution in [3.8, 4) is 12.3 Å². The smallest absolute Gasteiger partial charge is 0.329 e. The Morgan fingerprint density at radius 3 is 1.95 bits per heavy atom. The van der Waals surface area contributed by atoms with E-state index in [4.69, 9.17) is 25.4 Å². The van der Waals surface area contributed by atoms with E-state index >= 15 is 0 Å². The van der Waals surface area contributed by atoms with Crippen LogP contribution in [0, 0.1) is 23.7 Å². The van der Waals surface area contributed by atoms with Crippen molar-refractivity contribution in [2.45, 2.75) is 157 Å². The van der Waals surface area contributed by atoms with Gasteiger partial charge in [-0.05, 0) is 145 Å². The van der Waals surface area contributed by atoms with E-state index in [1.807, 2.05) is 17.1 Å². The molecule has 16 nitrogen and oxygen atoms in total. The molecule has 0 radical (unpaired) electrons. The van der Waals surface area contributed by atoms with Crippen molar-refractivity contribution in [2.24, 2.45) is 11.3 Å². The summed E-state index contributed by atoms with van der Waals surface area (Å²) in [5.41, 5.74) is -0.852. The molecule has 2 amide bonds. The van der Waals surface area contributed by atoms with Crippen molar-refractivity contribution in [3.05, 3.63) is 67.8 Å². The quantitative estimate of drug-likeness (QED) is 0.121. The van der Waals surface area contributed by atoms with E-state index in [2.05, 4.69) is 26.5 Å². The Kier molecular flexibility index (Phi) is 16.4. The van der Waals surface area contributed by atoms with Crippen LogP contribution in [0.2, 0.25) is 0 Å². The highest BCUT2D eigenvalue weighted by Gasteiger charge is 2.33. The van der Waals surface area contributed by atoms with Crippen LogP contribution in [0.3, 0.4) is 0 Å². The number of hydrogen-bond acceptors (Lipinski definition) is 13. The summed E-state index contributed by atoms with van der Waals surface area (Å²) < 4.78 is 21.8. The Bertz CT molecular complexity index is 2400. The Hall–Kier alpha value is -6.24. The highest BCUT2D eigenvalue weighted by molar-refractivity contribution is 5.97. The molecule has 2 aliphatic rings. The van der Waals surface area contributed by atoms with Crippen molar-refractivity contribution < 1.29 is 47.7 Å². The molecule has 1 heterocycles. The molecular formula is C49H65N5O11. The minimum absolute atomic E-state index is 0.0469. The number of aromatic amines is 1. The Morgan fingerprint density at radius 2 is 1.40 bits per heavy atom. The van der Waals surface area contributed by atoms with Gasteiger partial charge in [0.1, 0.15) is 41.3 Å². The minimum atomic E-state index is -1.25. The van der Waals surface area contributed by atoms with E-state index < -0.39 is 70.0 Å². The molecule has 2 aromatic rings. The average Bonchev–Trinajstić information content (AvgIpc) is 3.58. The summed E-state index contributed by atoms with van der Waals surface area (Å²) in [6, 6.07) is 4.22. The lowest BCUT2D eigenvalue weighted by atomic mass is 9.95. The lowest BCUT2D eigenvalue weighted by molar-refractivity contribution is -0.161. The van der Waals surface area contributed by atoms with E-state index in [-0.39, 0.29) is 61.7 Å². The average molecular weight is 900 g/mol. The zero-order chi connectivity index (χ0) is 48.7. The van der Waals surface area contributed by atoms with Crippen molar-refractivity contribution >= 4 is 53.5 Å². The third-order valence-electron chi connectivity index (χ3n) is 9.83. The number of fused-ring (bicyclic) bond motifs is 2. The number of carbonyl (C=O) groups is 6. The van der Waals surface area contributed by atoms with Crippen LogP contribution < -0.4 is 31.7 Å². The molecule has 0 bridgehead atoms. The van der Waals surface area contributed by atoms with Gasteiger partial charge in [0.25, 0.3) is 11.5 Å². The van der Waals surface area contributed by atoms with Crippen LogP contribution in [0.15, 0.2) is 40.3 Å². The molecule has 2 aliphatic carbocycles. The summed E-state index contributed by atoms with van der Waals surface area (Å²) in [6.45, 7) is 20.5. The minimum Gasteiger partial charge on any atom is -0.460 e. The summed E-state index contributed by atoms with van der Waals surface area (Å²) in [5, 5.41) is 6.23. The number of allylic oxidation sites excluding steroid dienone is 2. The topological polar surface area (TPSA) is 212 Å². The number of nitrogens with one attached hydrogen (secondary N) is 3. The SMILES string of the molecule is C#CCN(C1=C2C=c3c(nc(COC(=O)C(C)(C)C)[nH]c3=O)=CC2CC1)c1ccc(C(=O)N[C@@H](CCC(=O)N[C@H](CCC(=O)OC(C)(C)C)C(=O)OC(C)(C)C)C(=O)OC(C)(C)C)cc1. The Balaban J connectivity index is 1.51. The molecule has 1 unspecified atom stereocenters. The molecule has 16 heteroatoms. The maximum Gasteiger partial charge on any atom is 0.329 e. The first-order valence-corrected chi connectivity index (χ1v) is 21.9. The fourth-order valence-electron chi connectivity index (χ4n) is 6.95. The van der Waals surface area contributed by atoms with Crippen molar-refractivity contribution in [1.82, 2.24) is 20.6 Å². The van der Waals surface area contributed by atoms with Crippen molar-refractivity contribution in [3.63, 3.8) is 0 Å². The number of ether oxygens (including phenoxy) is 4. The third kappa shape index (κ3) is 15.5. The second-order valence-electron chi connectivity index (χ2n) is 20.2. The van der Waals surface area contributed by atoms with E-state index in [9.17, 15) is 33.6 Å². The van der Waals surface area contributed by atoms with Gasteiger partial charge < -0.3 is 39.5 Å². The van der Waals surface area contributed by atoms with Crippen LogP contribution in [0.4, 0.5) is 5.69 Å². The second-order valence-corrected chi connectivity index (χ2v) is 20.2. The lowest BCUT2D eigenvalue weighted by Crippen LogP contribution is -2.47. The van der Waals surface area contributed by atoms with Crippen molar-refractivity contribution in [1.29, 1.82) is 0 Å². The molecule has 1 aromatic heterocycles. The standard InChI is InChI=1S/C49H65N5O11/c1-14-25-54(37-22-17-30-26-36-33(27-32(30)37)42(58)53-38(50-36)28-62-45(61)46(2,3)4)31-18-15-29(16-19-31)41(57)52-35(44(60)65-49(11,12)13)20-23-39(55)51-34(43(59)64-48(8,9)10)21-24-40(56)63-47(5,6)7/h1,15-16,18-19,26-27,30,34-35H,17,20-25,28H2,2-13H3,(H,51,55)(H,52,57)(H,50,53,58)/t30?,34-,35+/m1/s1. The molecule has 0 fully saturated rings. The van der Waals surface area contributed by atoms with E-state index in [0.29, 0.717) is 22.7 Å². The predicted molar refractivity (Wildman–Crippen MR) is 244 cm³/mol. The largest absolute Gasteiger partial charge is 0.460 e. The summed E-state index contributed by atoms with van der Waals surface area (Å²) in [5.74, 6) is -0.757. The van der Waals surface area contributed by atoms with Crippen molar-refractivity contribution in [2.75, 3.05) is 11.4 Å². The maximum atomic E-state index is 13.7. The normalized spacial score (nSPS) is 15.6. The van der Waals surface area contributed by atoms with Gasteiger partial charge in [0.15, 0.2) is 0 Å². The van der Waals surface area contributed by atoms with Gasteiger partial charge in [-0.15, -0.1) is 6.42 Å². The molecule has 352 valence electrons. The molecule has 1 aromatic carbocycles. The maximum absolute atomic E-state index is 13.7. The lowest BCUT2D eigenvalue weighted by Gasteiger charge is -2.26. The molecule has 0 saturated heterocycles. The number of H-pyrrole nitrogens is 1. The Labute approximate surface area is 381 Å². The number of nitrogens with zero attached hydrogens (tertiary/aromatic N) is 2. The van der Waals surface area contributed by atoms with E-state index in [1.54, 1.807) is 107 Å². The zero-order valence-electron chi connectivity index (χ0n) is 39.8. The van der Waals surface area contributed by atoms with Gasteiger partial charge in [-0.25, -0.2) is 14.6 Å². The van der Waals surface area contributed by atoms with Crippen LogP contribution in [0.5, 0.6) is 0 Å². The van der Waals surface area contributed by atoms with Crippen LogP contribution in [0.25, 0.3) is 12.2 Å². The summed E-state index contributed by atoms with van der Waals surface area (Å²) in [7, 11) is 0. The number of carbonyl (C=O) groups excluding carboxylic acids is 6. The molecule has 0 aliphatic heterocycles. The van der Waals surface area contributed by atoms with Crippen LogP contribution in [0.1, 0.15) is 138 Å². The van der Waals surface area contributed by atoms with Gasteiger partial charge in [-0.1, -0.05) is 12.0 Å². The molecule has 65 heavy (non-hydrogen) atoms. The van der Waals surface area contributed by atoms with Crippen LogP contribution >= 0.6 is 0 Å². The first-order valence-electron chi connectivity index (χ1n) is 21.9. The highest BCUT2D eigenvalue weighted by atomic mass is 16.6. The molecular weight excluding hydrogens is 835 g/mol. The number of anilines is 1. The van der Waals surface area contributed by atoms with Gasteiger partial charge in [0.05, 0.1) is 22.5 Å². The van der Waals surface area contributed by atoms with Gasteiger partial charge in [-0.3, -0.25) is 24.0 Å². The van der Waals surface area contributed by atoms with E-state index in [0.717, 1.165) is 17.7 Å². The van der Waals surface area contributed by atoms with E-state index in [1.165, 1.54) is 0 Å². The predicted octanol–water partition coefficient (Wildman–Crippen LogP) is 4.41. The number of rotatable bonds is 16. The van der Waals surface area contributed by atoms with Crippen LogP contribution in [-0.4, -0.2) is 81.1 Å². The fourth-order valence-corrected chi connectivity index (χ4v) is 6.95. The molecule has 0 saturated carbocycles. The summed E-state index contributed by atoms with van der Waals surface area (Å²) in [6.07, 6.45) is 10.3. The van der Waals surface area contributed by atoms with Gasteiger partial charge in [0, 0.05) is 35.7 Å². The highest BCUT2D eigenvalue weighted by Crippen LogP contribution is 2.38. The molecule has 3 N–H and O–H groups in total. The number of benzene rings is 1. The van der Waals surface area contributed by atoms with Gasteiger partial charge in [-0.2, -0.15) is 0 Å². The molecule has 3 atom stereocenters. The van der Waals surface area contributed by atoms with Gasteiger partial charge >= 0.3 is 23.9 Å². The first-order chi connectivity index (χ1) is 30.0.